The molecule has 4 nitrogen and oxygen atoms in total. The maximum absolute atomic E-state index is 12.0. The highest BCUT2D eigenvalue weighted by Gasteiger charge is 2.20. The van der Waals surface area contributed by atoms with E-state index in [2.05, 4.69) is 27.6 Å². The van der Waals surface area contributed by atoms with Gasteiger partial charge < -0.3 is 5.11 Å². The van der Waals surface area contributed by atoms with E-state index in [1.807, 2.05) is 0 Å². The quantitative estimate of drug-likeness (QED) is 0.752. The number of rotatable bonds is 8. The first kappa shape index (κ1) is 16.1. The van der Waals surface area contributed by atoms with E-state index in [1.165, 1.54) is 11.3 Å². The molecule has 1 aromatic heterocycles. The molecule has 1 unspecified atom stereocenters. The molecule has 0 aliphatic carbocycles. The summed E-state index contributed by atoms with van der Waals surface area (Å²) in [7, 11) is -3.44. The largest absolute Gasteiger partial charge is 0.396 e. The minimum Gasteiger partial charge on any atom is -0.396 e. The summed E-state index contributed by atoms with van der Waals surface area (Å²) < 4.78 is 27.6. The van der Waals surface area contributed by atoms with Crippen LogP contribution in [0.3, 0.4) is 0 Å². The maximum atomic E-state index is 12.0. The predicted molar refractivity (Wildman–Crippen MR) is 77.3 cm³/mol. The fourth-order valence-corrected chi connectivity index (χ4v) is 5.20. The Morgan fingerprint density at radius 2 is 2.22 bits per heavy atom. The Morgan fingerprint density at radius 3 is 2.72 bits per heavy atom. The maximum Gasteiger partial charge on any atom is 0.251 e. The minimum atomic E-state index is -3.44. The van der Waals surface area contributed by atoms with Gasteiger partial charge in [0, 0.05) is 17.6 Å². The third-order valence-corrected chi connectivity index (χ3v) is 6.72. The van der Waals surface area contributed by atoms with Gasteiger partial charge in [-0.2, -0.15) is 0 Å². The number of aliphatic hydroxyl groups is 1. The number of hydrogen-bond donors (Lipinski definition) is 2. The van der Waals surface area contributed by atoms with E-state index in [-0.39, 0.29) is 12.5 Å². The Labute approximate surface area is 121 Å². The Hall–Kier alpha value is 0.0500. The normalized spacial score (nSPS) is 13.7. The topological polar surface area (TPSA) is 66.4 Å². The lowest BCUT2D eigenvalue weighted by Gasteiger charge is -2.15. The van der Waals surface area contributed by atoms with Crippen molar-refractivity contribution < 1.29 is 13.5 Å². The first-order valence-electron chi connectivity index (χ1n) is 5.84. The van der Waals surface area contributed by atoms with Crippen LogP contribution in [0.4, 0.5) is 0 Å². The Bertz CT molecular complexity index is 453. The van der Waals surface area contributed by atoms with Gasteiger partial charge in [0.25, 0.3) is 10.0 Å². The summed E-state index contributed by atoms with van der Waals surface area (Å²) in [6.45, 7) is 2.52. The summed E-state index contributed by atoms with van der Waals surface area (Å²) >= 11 is 4.41. The van der Waals surface area contributed by atoms with Crippen molar-refractivity contribution in [2.24, 2.45) is 5.92 Å². The van der Waals surface area contributed by atoms with Gasteiger partial charge in [-0.15, -0.1) is 11.3 Å². The third kappa shape index (κ3) is 4.62. The van der Waals surface area contributed by atoms with Gasteiger partial charge in [0.1, 0.15) is 4.21 Å². The fourth-order valence-electron chi connectivity index (χ4n) is 1.70. The van der Waals surface area contributed by atoms with Crippen molar-refractivity contribution in [3.8, 4) is 0 Å². The first-order chi connectivity index (χ1) is 8.51. The summed E-state index contributed by atoms with van der Waals surface area (Å²) in [5.41, 5.74) is 0. The molecule has 1 aromatic rings. The molecule has 18 heavy (non-hydrogen) atoms. The Kier molecular flexibility index (Phi) is 6.79. The second kappa shape index (κ2) is 7.59. The molecule has 104 valence electrons. The van der Waals surface area contributed by atoms with Crippen LogP contribution >= 0.6 is 27.3 Å². The molecule has 0 spiro atoms. The average molecular weight is 356 g/mol. The zero-order chi connectivity index (χ0) is 13.6. The molecule has 1 rings (SSSR count). The van der Waals surface area contributed by atoms with Crippen molar-refractivity contribution in [1.29, 1.82) is 0 Å². The number of halogens is 1. The molecule has 0 aliphatic heterocycles. The van der Waals surface area contributed by atoms with E-state index in [9.17, 15) is 8.42 Å². The van der Waals surface area contributed by atoms with Gasteiger partial charge in [0.15, 0.2) is 0 Å². The van der Waals surface area contributed by atoms with Gasteiger partial charge in [-0.1, -0.05) is 13.3 Å². The molecule has 0 fully saturated rings. The molecule has 2 N–H and O–H groups in total. The van der Waals surface area contributed by atoms with Crippen molar-refractivity contribution in [3.05, 3.63) is 15.9 Å². The molecule has 0 amide bonds. The smallest absolute Gasteiger partial charge is 0.251 e. The summed E-state index contributed by atoms with van der Waals surface area (Å²) in [4.78, 5) is 0. The van der Waals surface area contributed by atoms with Gasteiger partial charge in [0.05, 0.1) is 0 Å². The van der Waals surface area contributed by atoms with Crippen molar-refractivity contribution in [2.45, 2.75) is 30.4 Å². The van der Waals surface area contributed by atoms with E-state index in [1.54, 1.807) is 11.4 Å². The van der Waals surface area contributed by atoms with Crippen LogP contribution in [0.5, 0.6) is 0 Å². The average Bonchev–Trinajstić information content (AvgIpc) is 2.74. The molecule has 7 heteroatoms. The number of hydrogen-bond acceptors (Lipinski definition) is 4. The molecule has 0 bridgehead atoms. The molecular weight excluding hydrogens is 338 g/mol. The molecule has 0 radical (unpaired) electrons. The van der Waals surface area contributed by atoms with Crippen LogP contribution < -0.4 is 4.72 Å². The predicted octanol–water partition coefficient (Wildman–Crippen LogP) is 2.59. The van der Waals surface area contributed by atoms with Crippen molar-refractivity contribution in [2.75, 3.05) is 13.2 Å². The summed E-state index contributed by atoms with van der Waals surface area (Å²) in [5.74, 6) is 0.188. The standard InChI is InChI=1S/C11H18BrNO3S2/c1-2-3-9(4-6-14)8-13-18(15,16)11-10(12)5-7-17-11/h5,7,9,13-14H,2-4,6,8H2,1H3. The van der Waals surface area contributed by atoms with E-state index >= 15 is 0 Å². The highest BCUT2D eigenvalue weighted by atomic mass is 79.9. The van der Waals surface area contributed by atoms with E-state index in [0.717, 1.165) is 12.8 Å². The lowest BCUT2D eigenvalue weighted by atomic mass is 10.0. The summed E-state index contributed by atoms with van der Waals surface area (Å²) in [6, 6.07) is 1.72. The lowest BCUT2D eigenvalue weighted by Crippen LogP contribution is -2.29. The zero-order valence-electron chi connectivity index (χ0n) is 10.2. The van der Waals surface area contributed by atoms with Crippen LogP contribution in [0.2, 0.25) is 0 Å². The molecule has 1 heterocycles. The summed E-state index contributed by atoms with van der Waals surface area (Å²) in [5, 5.41) is 10.7. The van der Waals surface area contributed by atoms with Crippen LogP contribution in [0.25, 0.3) is 0 Å². The van der Waals surface area contributed by atoms with E-state index in [0.29, 0.717) is 21.6 Å². The van der Waals surface area contributed by atoms with Gasteiger partial charge in [0.2, 0.25) is 0 Å². The molecule has 0 saturated heterocycles. The summed E-state index contributed by atoms with van der Waals surface area (Å²) in [6.07, 6.45) is 2.52. The van der Waals surface area contributed by atoms with E-state index < -0.39 is 10.0 Å². The molecule has 0 aliphatic rings. The monoisotopic (exact) mass is 355 g/mol. The molecule has 0 aromatic carbocycles. The second-order valence-corrected chi connectivity index (χ2v) is 7.81. The second-order valence-electron chi connectivity index (χ2n) is 4.07. The van der Waals surface area contributed by atoms with Crippen LogP contribution in [-0.2, 0) is 10.0 Å². The van der Waals surface area contributed by atoms with Gasteiger partial charge in [-0.25, -0.2) is 13.1 Å². The van der Waals surface area contributed by atoms with Gasteiger partial charge in [-0.05, 0) is 46.1 Å². The van der Waals surface area contributed by atoms with Crippen molar-refractivity contribution in [3.63, 3.8) is 0 Å². The van der Waals surface area contributed by atoms with Crippen LogP contribution in [0, 0.1) is 5.92 Å². The Morgan fingerprint density at radius 1 is 1.50 bits per heavy atom. The number of nitrogens with one attached hydrogen (secondary N) is 1. The third-order valence-electron chi connectivity index (χ3n) is 2.62. The van der Waals surface area contributed by atoms with Crippen molar-refractivity contribution >= 4 is 37.3 Å². The van der Waals surface area contributed by atoms with Gasteiger partial charge in [-0.3, -0.25) is 0 Å². The van der Waals surface area contributed by atoms with E-state index in [4.69, 9.17) is 5.11 Å². The molecular formula is C11H18BrNO3S2. The van der Waals surface area contributed by atoms with Gasteiger partial charge >= 0.3 is 0 Å². The highest BCUT2D eigenvalue weighted by molar-refractivity contribution is 9.10. The number of sulfonamides is 1. The van der Waals surface area contributed by atoms with Crippen LogP contribution in [0.15, 0.2) is 20.1 Å². The molecule has 1 atom stereocenters. The zero-order valence-corrected chi connectivity index (χ0v) is 13.4. The van der Waals surface area contributed by atoms with Crippen LogP contribution in [0.1, 0.15) is 26.2 Å². The number of thiophene rings is 1. The number of aliphatic hydroxyl groups excluding tert-OH is 1. The minimum absolute atomic E-state index is 0.0924. The SMILES string of the molecule is CCCC(CCO)CNS(=O)(=O)c1sccc1Br. The van der Waals surface area contributed by atoms with Crippen LogP contribution in [-0.4, -0.2) is 26.7 Å². The highest BCUT2D eigenvalue weighted by Crippen LogP contribution is 2.27. The van der Waals surface area contributed by atoms with Crippen molar-refractivity contribution in [1.82, 2.24) is 4.72 Å². The Balaban J connectivity index is 2.64. The fraction of sp³-hybridized carbons (Fsp3) is 0.636. The first-order valence-corrected chi connectivity index (χ1v) is 9.00. The molecule has 0 saturated carbocycles. The lowest BCUT2D eigenvalue weighted by molar-refractivity contribution is 0.251.